The van der Waals surface area contributed by atoms with Crippen molar-refractivity contribution in [3.05, 3.63) is 107 Å². The second-order valence-corrected chi connectivity index (χ2v) is 6.39. The number of amides is 2. The molecule has 2 amide bonds. The average molecular weight is 376 g/mol. The third kappa shape index (κ3) is 5.27. The highest BCUT2D eigenvalue weighted by molar-refractivity contribution is 5.97. The Morgan fingerprint density at radius 3 is 2.11 bits per heavy atom. The van der Waals surface area contributed by atoms with Crippen LogP contribution in [0.1, 0.15) is 21.5 Å². The van der Waals surface area contributed by atoms with Crippen molar-refractivity contribution in [1.29, 1.82) is 0 Å². The quantitative estimate of drug-likeness (QED) is 0.663. The molecule has 0 bridgehead atoms. The lowest BCUT2D eigenvalue weighted by Gasteiger charge is -2.19. The first-order chi connectivity index (χ1) is 13.6. The Balaban J connectivity index is 1.72. The van der Waals surface area contributed by atoms with Gasteiger partial charge in [0.05, 0.1) is 0 Å². The molecule has 0 aliphatic heterocycles. The van der Waals surface area contributed by atoms with E-state index < -0.39 is 6.04 Å². The van der Waals surface area contributed by atoms with E-state index in [0.717, 1.165) is 5.56 Å². The Morgan fingerprint density at radius 1 is 0.821 bits per heavy atom. The Kier molecular flexibility index (Phi) is 6.52. The third-order valence-corrected chi connectivity index (χ3v) is 4.35. The van der Waals surface area contributed by atoms with E-state index in [0.29, 0.717) is 17.5 Å². The number of hydrogen-bond acceptors (Lipinski definition) is 2. The lowest BCUT2D eigenvalue weighted by atomic mass is 10.0. The Labute approximate surface area is 163 Å². The van der Waals surface area contributed by atoms with E-state index in [1.54, 1.807) is 42.5 Å². The van der Waals surface area contributed by atoms with E-state index in [1.165, 1.54) is 6.07 Å². The molecule has 142 valence electrons. The minimum atomic E-state index is -0.776. The topological polar surface area (TPSA) is 58.2 Å². The van der Waals surface area contributed by atoms with Crippen molar-refractivity contribution >= 4 is 11.8 Å². The van der Waals surface area contributed by atoms with E-state index in [2.05, 4.69) is 10.6 Å². The van der Waals surface area contributed by atoms with Crippen LogP contribution in [0.2, 0.25) is 0 Å². The summed E-state index contributed by atoms with van der Waals surface area (Å²) in [5, 5.41) is 5.51. The Hall–Kier alpha value is -3.47. The van der Waals surface area contributed by atoms with Gasteiger partial charge in [-0.05, 0) is 23.8 Å². The molecular weight excluding hydrogens is 355 g/mol. The van der Waals surface area contributed by atoms with Crippen LogP contribution in [0.3, 0.4) is 0 Å². The van der Waals surface area contributed by atoms with Gasteiger partial charge in [-0.1, -0.05) is 66.7 Å². The number of benzene rings is 3. The molecule has 4 nitrogen and oxygen atoms in total. The summed E-state index contributed by atoms with van der Waals surface area (Å²) in [6.45, 7) is 0.0536. The second kappa shape index (κ2) is 9.46. The number of carbonyl (C=O) groups is 2. The molecular formula is C23H21FN2O2. The Morgan fingerprint density at radius 2 is 1.43 bits per heavy atom. The number of rotatable bonds is 7. The molecule has 3 aromatic carbocycles. The van der Waals surface area contributed by atoms with Crippen LogP contribution in [-0.2, 0) is 17.8 Å². The van der Waals surface area contributed by atoms with Crippen molar-refractivity contribution in [2.45, 2.75) is 19.0 Å². The highest BCUT2D eigenvalue weighted by atomic mass is 19.1. The predicted octanol–water partition coefficient (Wildman–Crippen LogP) is 3.48. The number of nitrogens with one attached hydrogen (secondary N) is 2. The van der Waals surface area contributed by atoms with Crippen LogP contribution in [0.4, 0.5) is 4.39 Å². The number of carbonyl (C=O) groups excluding carboxylic acids is 2. The van der Waals surface area contributed by atoms with Gasteiger partial charge in [0.25, 0.3) is 5.91 Å². The van der Waals surface area contributed by atoms with Gasteiger partial charge in [-0.2, -0.15) is 0 Å². The number of halogens is 1. The zero-order chi connectivity index (χ0) is 19.8. The monoisotopic (exact) mass is 376 g/mol. The molecule has 3 aromatic rings. The molecule has 3 rings (SSSR count). The fourth-order valence-electron chi connectivity index (χ4n) is 2.84. The van der Waals surface area contributed by atoms with Crippen LogP contribution in [0, 0.1) is 5.82 Å². The van der Waals surface area contributed by atoms with Gasteiger partial charge in [-0.25, -0.2) is 4.39 Å². The average Bonchev–Trinajstić information content (AvgIpc) is 2.74. The summed E-state index contributed by atoms with van der Waals surface area (Å²) in [6, 6.07) is 23.6. The lowest BCUT2D eigenvalue weighted by molar-refractivity contribution is -0.123. The van der Waals surface area contributed by atoms with Crippen LogP contribution < -0.4 is 10.6 Å². The van der Waals surface area contributed by atoms with Crippen LogP contribution in [0.25, 0.3) is 0 Å². The van der Waals surface area contributed by atoms with Gasteiger partial charge in [-0.3, -0.25) is 9.59 Å². The Bertz CT molecular complexity index is 930. The first-order valence-electron chi connectivity index (χ1n) is 9.04. The summed E-state index contributed by atoms with van der Waals surface area (Å²) in [4.78, 5) is 25.3. The highest BCUT2D eigenvalue weighted by Crippen LogP contribution is 2.08. The minimum Gasteiger partial charge on any atom is -0.350 e. The summed E-state index contributed by atoms with van der Waals surface area (Å²) >= 11 is 0. The molecule has 0 heterocycles. The molecule has 1 atom stereocenters. The predicted molar refractivity (Wildman–Crippen MR) is 106 cm³/mol. The first-order valence-corrected chi connectivity index (χ1v) is 9.04. The molecule has 2 N–H and O–H groups in total. The molecule has 0 saturated heterocycles. The van der Waals surface area contributed by atoms with Crippen LogP contribution in [0.15, 0.2) is 84.9 Å². The summed E-state index contributed by atoms with van der Waals surface area (Å²) in [6.07, 6.45) is 0.336. The minimum absolute atomic E-state index is 0.0536. The zero-order valence-electron chi connectivity index (χ0n) is 15.3. The summed E-state index contributed by atoms with van der Waals surface area (Å²) in [5.74, 6) is -1.07. The molecule has 0 unspecified atom stereocenters. The van der Waals surface area contributed by atoms with Gasteiger partial charge in [0.2, 0.25) is 5.91 Å². The van der Waals surface area contributed by atoms with Gasteiger partial charge >= 0.3 is 0 Å². The fourth-order valence-corrected chi connectivity index (χ4v) is 2.84. The third-order valence-electron chi connectivity index (χ3n) is 4.35. The summed E-state index contributed by atoms with van der Waals surface area (Å²) < 4.78 is 13.8. The maximum absolute atomic E-state index is 13.8. The van der Waals surface area contributed by atoms with Crippen molar-refractivity contribution in [3.8, 4) is 0 Å². The lowest BCUT2D eigenvalue weighted by Crippen LogP contribution is -2.47. The van der Waals surface area contributed by atoms with Crippen molar-refractivity contribution in [1.82, 2.24) is 10.6 Å². The molecule has 0 aliphatic rings. The van der Waals surface area contributed by atoms with Gasteiger partial charge < -0.3 is 10.6 Å². The molecule has 0 fully saturated rings. The highest BCUT2D eigenvalue weighted by Gasteiger charge is 2.22. The largest absolute Gasteiger partial charge is 0.350 e. The van der Waals surface area contributed by atoms with E-state index in [9.17, 15) is 14.0 Å². The summed E-state index contributed by atoms with van der Waals surface area (Å²) in [5.41, 5.74) is 1.79. The molecule has 0 aliphatic carbocycles. The fraction of sp³-hybridized carbons (Fsp3) is 0.130. The van der Waals surface area contributed by atoms with Crippen molar-refractivity contribution < 1.29 is 14.0 Å². The van der Waals surface area contributed by atoms with Gasteiger partial charge in [-0.15, -0.1) is 0 Å². The van der Waals surface area contributed by atoms with Crippen LogP contribution in [0.5, 0.6) is 0 Å². The molecule has 0 saturated carbocycles. The second-order valence-electron chi connectivity index (χ2n) is 6.39. The van der Waals surface area contributed by atoms with E-state index >= 15 is 0 Å². The van der Waals surface area contributed by atoms with Gasteiger partial charge in [0, 0.05) is 24.1 Å². The normalized spacial score (nSPS) is 11.5. The van der Waals surface area contributed by atoms with E-state index in [1.807, 2.05) is 36.4 Å². The van der Waals surface area contributed by atoms with Crippen LogP contribution in [-0.4, -0.2) is 17.9 Å². The maximum Gasteiger partial charge on any atom is 0.251 e. The van der Waals surface area contributed by atoms with E-state index in [4.69, 9.17) is 0 Å². The summed E-state index contributed by atoms with van der Waals surface area (Å²) in [7, 11) is 0. The first kappa shape index (κ1) is 19.3. The zero-order valence-corrected chi connectivity index (χ0v) is 15.3. The maximum atomic E-state index is 13.8. The SMILES string of the molecule is O=C(N[C@H](Cc1ccccc1)C(=O)NCc1ccccc1F)c1ccccc1. The molecule has 28 heavy (non-hydrogen) atoms. The van der Waals surface area contributed by atoms with Gasteiger partial charge in [0.15, 0.2) is 0 Å². The molecule has 0 spiro atoms. The van der Waals surface area contributed by atoms with Crippen molar-refractivity contribution in [3.63, 3.8) is 0 Å². The van der Waals surface area contributed by atoms with Crippen LogP contribution >= 0.6 is 0 Å². The van der Waals surface area contributed by atoms with Crippen molar-refractivity contribution in [2.24, 2.45) is 0 Å². The molecule has 5 heteroatoms. The standard InChI is InChI=1S/C23H21FN2O2/c24-20-14-8-7-13-19(20)16-25-23(28)21(15-17-9-3-1-4-10-17)26-22(27)18-11-5-2-6-12-18/h1-14,21H,15-16H2,(H,25,28)(H,26,27)/t21-/m1/s1. The van der Waals surface area contributed by atoms with Crippen molar-refractivity contribution in [2.75, 3.05) is 0 Å². The molecule has 0 aromatic heterocycles. The number of hydrogen-bond donors (Lipinski definition) is 2. The van der Waals surface area contributed by atoms with E-state index in [-0.39, 0.29) is 24.2 Å². The molecule has 0 radical (unpaired) electrons. The van der Waals surface area contributed by atoms with Gasteiger partial charge in [0.1, 0.15) is 11.9 Å². The smallest absolute Gasteiger partial charge is 0.251 e.